The van der Waals surface area contributed by atoms with E-state index in [-0.39, 0.29) is 35.3 Å². The van der Waals surface area contributed by atoms with Gasteiger partial charge in [-0.3, -0.25) is 25.0 Å². The van der Waals surface area contributed by atoms with Gasteiger partial charge in [0, 0.05) is 18.4 Å². The lowest BCUT2D eigenvalue weighted by Gasteiger charge is -2.19. The molecule has 1 amide bonds. The molecule has 0 fully saturated rings. The Hall–Kier alpha value is -4.02. The van der Waals surface area contributed by atoms with E-state index in [1.807, 2.05) is 6.92 Å². The monoisotopic (exact) mass is 396 g/mol. The highest BCUT2D eigenvalue weighted by molar-refractivity contribution is 6.05. The van der Waals surface area contributed by atoms with Crippen molar-refractivity contribution in [1.82, 2.24) is 5.43 Å². The number of nitro groups is 2. The highest BCUT2D eigenvalue weighted by atomic mass is 16.6. The molecular weight excluding hydrogens is 380 g/mol. The number of azo groups is 1. The second kappa shape index (κ2) is 8.33. The smallest absolute Gasteiger partial charge is 0.273 e. The van der Waals surface area contributed by atoms with E-state index < -0.39 is 9.85 Å². The van der Waals surface area contributed by atoms with Crippen LogP contribution in [0.4, 0.5) is 17.1 Å². The largest absolute Gasteiger partial charge is 0.281 e. The standard InChI is InChI=1S/C18H16N6O5/c1-11-8-17(25)21-22-18(11)12-2-5-14(6-3-12)20-19-10-13-4-7-15(23(26)27)9-16(13)24(28)29/h2-7,9,11H,8,10H2,1H3,(H,21,25). The van der Waals surface area contributed by atoms with Crippen LogP contribution < -0.4 is 5.43 Å². The number of nitrogens with one attached hydrogen (secondary N) is 1. The summed E-state index contributed by atoms with van der Waals surface area (Å²) in [7, 11) is 0. The molecule has 1 N–H and O–H groups in total. The van der Waals surface area contributed by atoms with E-state index in [1.54, 1.807) is 24.3 Å². The third-order valence-corrected chi connectivity index (χ3v) is 4.33. The van der Waals surface area contributed by atoms with Crippen molar-refractivity contribution in [3.8, 4) is 0 Å². The Labute approximate surface area is 164 Å². The number of non-ortho nitro benzene ring substituents is 1. The maximum absolute atomic E-state index is 11.3. The van der Waals surface area contributed by atoms with Crippen LogP contribution in [0.3, 0.4) is 0 Å². The molecule has 0 bridgehead atoms. The molecule has 2 aromatic rings. The summed E-state index contributed by atoms with van der Waals surface area (Å²) in [6.45, 7) is 1.83. The summed E-state index contributed by atoms with van der Waals surface area (Å²) in [5.74, 6) is -0.120. The van der Waals surface area contributed by atoms with E-state index in [1.165, 1.54) is 12.1 Å². The zero-order valence-electron chi connectivity index (χ0n) is 15.3. The van der Waals surface area contributed by atoms with Crippen LogP contribution >= 0.6 is 0 Å². The molecule has 0 aliphatic carbocycles. The van der Waals surface area contributed by atoms with E-state index in [0.717, 1.165) is 17.3 Å². The second-order valence-electron chi connectivity index (χ2n) is 6.41. The number of hydrogen-bond donors (Lipinski definition) is 1. The van der Waals surface area contributed by atoms with E-state index >= 15 is 0 Å². The summed E-state index contributed by atoms with van der Waals surface area (Å²) in [6, 6.07) is 10.4. The van der Waals surface area contributed by atoms with Crippen LogP contribution in [0.15, 0.2) is 57.8 Å². The van der Waals surface area contributed by atoms with E-state index in [4.69, 9.17) is 0 Å². The number of nitro benzene ring substituents is 2. The Morgan fingerprint density at radius 3 is 2.48 bits per heavy atom. The van der Waals surface area contributed by atoms with E-state index in [9.17, 15) is 25.0 Å². The lowest BCUT2D eigenvalue weighted by atomic mass is 9.94. The lowest BCUT2D eigenvalue weighted by Crippen LogP contribution is -2.31. The summed E-state index contributed by atoms with van der Waals surface area (Å²) >= 11 is 0. The molecule has 3 rings (SSSR count). The number of hydrazone groups is 1. The summed E-state index contributed by atoms with van der Waals surface area (Å²) in [5, 5.41) is 34.0. The minimum absolute atomic E-state index is 0.00101. The molecule has 1 atom stereocenters. The second-order valence-corrected chi connectivity index (χ2v) is 6.41. The molecule has 0 radical (unpaired) electrons. The van der Waals surface area contributed by atoms with Gasteiger partial charge in [-0.2, -0.15) is 15.3 Å². The minimum Gasteiger partial charge on any atom is -0.273 e. The first-order valence-electron chi connectivity index (χ1n) is 8.61. The molecule has 0 saturated heterocycles. The van der Waals surface area contributed by atoms with Crippen molar-refractivity contribution in [2.75, 3.05) is 0 Å². The van der Waals surface area contributed by atoms with Gasteiger partial charge in [-0.1, -0.05) is 19.1 Å². The van der Waals surface area contributed by atoms with Gasteiger partial charge >= 0.3 is 0 Å². The van der Waals surface area contributed by atoms with Crippen molar-refractivity contribution >= 4 is 28.7 Å². The molecule has 0 saturated carbocycles. The zero-order chi connectivity index (χ0) is 21.0. The predicted molar refractivity (Wildman–Crippen MR) is 103 cm³/mol. The maximum atomic E-state index is 11.3. The Morgan fingerprint density at radius 2 is 1.86 bits per heavy atom. The fourth-order valence-corrected chi connectivity index (χ4v) is 2.86. The van der Waals surface area contributed by atoms with Gasteiger partial charge in [0.15, 0.2) is 0 Å². The fourth-order valence-electron chi connectivity index (χ4n) is 2.86. The van der Waals surface area contributed by atoms with Gasteiger partial charge in [-0.05, 0) is 23.8 Å². The van der Waals surface area contributed by atoms with Crippen LogP contribution in [-0.2, 0) is 11.3 Å². The summed E-state index contributed by atoms with van der Waals surface area (Å²) in [4.78, 5) is 31.9. The topological polar surface area (TPSA) is 152 Å². The number of nitrogens with zero attached hydrogens (tertiary/aromatic N) is 5. The predicted octanol–water partition coefficient (Wildman–Crippen LogP) is 3.65. The number of carbonyl (C=O) groups is 1. The molecule has 11 heteroatoms. The average Bonchev–Trinajstić information content (AvgIpc) is 2.68. The van der Waals surface area contributed by atoms with Crippen molar-refractivity contribution in [3.63, 3.8) is 0 Å². The first-order valence-corrected chi connectivity index (χ1v) is 8.61. The van der Waals surface area contributed by atoms with Crippen LogP contribution in [-0.4, -0.2) is 21.5 Å². The van der Waals surface area contributed by atoms with Crippen molar-refractivity contribution in [2.24, 2.45) is 21.2 Å². The first kappa shape index (κ1) is 19.7. The van der Waals surface area contributed by atoms with Crippen molar-refractivity contribution in [3.05, 3.63) is 73.8 Å². The first-order chi connectivity index (χ1) is 13.8. The number of amides is 1. The van der Waals surface area contributed by atoms with Gasteiger partial charge in [-0.25, -0.2) is 5.43 Å². The maximum Gasteiger partial charge on any atom is 0.281 e. The van der Waals surface area contributed by atoms with Crippen LogP contribution in [0.1, 0.15) is 24.5 Å². The molecule has 1 aliphatic rings. The summed E-state index contributed by atoms with van der Waals surface area (Å²) in [6.07, 6.45) is 0.369. The summed E-state index contributed by atoms with van der Waals surface area (Å²) < 4.78 is 0. The molecule has 0 spiro atoms. The van der Waals surface area contributed by atoms with Gasteiger partial charge in [0.05, 0.1) is 39.4 Å². The normalized spacial score (nSPS) is 16.4. The highest BCUT2D eigenvalue weighted by Gasteiger charge is 2.21. The minimum atomic E-state index is -0.692. The van der Waals surface area contributed by atoms with Gasteiger partial charge in [0.2, 0.25) is 5.91 Å². The number of benzene rings is 2. The van der Waals surface area contributed by atoms with Gasteiger partial charge < -0.3 is 0 Å². The van der Waals surface area contributed by atoms with Gasteiger partial charge in [-0.15, -0.1) is 0 Å². The van der Waals surface area contributed by atoms with Crippen LogP contribution in [0.2, 0.25) is 0 Å². The van der Waals surface area contributed by atoms with E-state index in [2.05, 4.69) is 20.8 Å². The quantitative estimate of drug-likeness (QED) is 0.449. The molecule has 2 aromatic carbocycles. The third kappa shape index (κ3) is 4.64. The number of hydrogen-bond acceptors (Lipinski definition) is 8. The average molecular weight is 396 g/mol. The Bertz CT molecular complexity index is 1030. The molecule has 1 aliphatic heterocycles. The summed E-state index contributed by atoms with van der Waals surface area (Å²) in [5.41, 5.74) is 4.11. The number of rotatable bonds is 6. The molecule has 0 aromatic heterocycles. The third-order valence-electron chi connectivity index (χ3n) is 4.33. The van der Waals surface area contributed by atoms with Crippen LogP contribution in [0.25, 0.3) is 0 Å². The lowest BCUT2D eigenvalue weighted by molar-refractivity contribution is -0.394. The highest BCUT2D eigenvalue weighted by Crippen LogP contribution is 2.26. The van der Waals surface area contributed by atoms with Crippen molar-refractivity contribution in [2.45, 2.75) is 19.9 Å². The van der Waals surface area contributed by atoms with Crippen LogP contribution in [0, 0.1) is 26.1 Å². The molecule has 1 unspecified atom stereocenters. The van der Waals surface area contributed by atoms with Crippen LogP contribution in [0.5, 0.6) is 0 Å². The van der Waals surface area contributed by atoms with Crippen molar-refractivity contribution in [1.29, 1.82) is 0 Å². The zero-order valence-corrected chi connectivity index (χ0v) is 15.3. The van der Waals surface area contributed by atoms with Gasteiger partial charge in [0.1, 0.15) is 0 Å². The molecule has 29 heavy (non-hydrogen) atoms. The Balaban J connectivity index is 1.72. The molecule has 11 nitrogen and oxygen atoms in total. The Kier molecular flexibility index (Phi) is 5.67. The molecular formula is C18H16N6O5. The molecule has 148 valence electrons. The van der Waals surface area contributed by atoms with Crippen molar-refractivity contribution < 1.29 is 14.6 Å². The Morgan fingerprint density at radius 1 is 1.14 bits per heavy atom. The molecule has 1 heterocycles. The fraction of sp³-hybridized carbons (Fsp3) is 0.222. The SMILES string of the molecule is CC1CC(=O)NN=C1c1ccc(N=NCc2ccc([N+](=O)[O-])cc2[N+](=O)[O-])cc1. The van der Waals surface area contributed by atoms with Gasteiger partial charge in [0.25, 0.3) is 11.4 Å². The van der Waals surface area contributed by atoms with E-state index in [0.29, 0.717) is 12.1 Å². The number of carbonyl (C=O) groups excluding carboxylic acids is 1.